The largest absolute Gasteiger partial charge is 0.235 e. The molecular formula is C16H22N2O2. The van der Waals surface area contributed by atoms with E-state index in [1.165, 1.54) is 0 Å². The maximum atomic E-state index is 10.4. The highest BCUT2D eigenvalue weighted by Crippen LogP contribution is 2.23. The first-order chi connectivity index (χ1) is 9.21. The fraction of sp³-hybridized carbons (Fsp3) is 0.500. The van der Waals surface area contributed by atoms with Crippen LogP contribution in [0.5, 0.6) is 0 Å². The fourth-order valence-electron chi connectivity index (χ4n) is 1.48. The topological polar surface area (TPSA) is 58.9 Å². The zero-order chi connectivity index (χ0) is 15.8. The molecule has 0 aromatic rings. The first-order valence-corrected chi connectivity index (χ1v) is 6.40. The lowest BCUT2D eigenvalue weighted by molar-refractivity contribution is 0.408. The van der Waals surface area contributed by atoms with Crippen molar-refractivity contribution in [3.63, 3.8) is 0 Å². The molecule has 4 nitrogen and oxygen atoms in total. The summed E-state index contributed by atoms with van der Waals surface area (Å²) in [7, 11) is 0. The molecule has 20 heavy (non-hydrogen) atoms. The van der Waals surface area contributed by atoms with E-state index in [1.54, 1.807) is 18.2 Å². The number of nitrogens with zero attached hydrogens (tertiary/aromatic N) is 2. The van der Waals surface area contributed by atoms with Gasteiger partial charge in [-0.2, -0.15) is 9.98 Å². The normalized spacial score (nSPS) is 14.3. The van der Waals surface area contributed by atoms with Crippen LogP contribution >= 0.6 is 0 Å². The summed E-state index contributed by atoms with van der Waals surface area (Å²) in [5.74, 6) is 0.0592. The van der Waals surface area contributed by atoms with Gasteiger partial charge in [0.05, 0.1) is 11.1 Å². The summed E-state index contributed by atoms with van der Waals surface area (Å²) in [6.45, 7) is 13.0. The van der Waals surface area contributed by atoms with E-state index in [9.17, 15) is 9.59 Å². The van der Waals surface area contributed by atoms with Crippen molar-refractivity contribution in [2.24, 2.45) is 15.9 Å². The molecule has 108 valence electrons. The summed E-state index contributed by atoms with van der Waals surface area (Å²) in [6.07, 6.45) is 10.4. The van der Waals surface area contributed by atoms with E-state index >= 15 is 0 Å². The molecule has 0 spiro atoms. The zero-order valence-electron chi connectivity index (χ0n) is 12.8. The standard InChI is InChI=1S/C16H22N2O2/c1-7-14(16(5,6)18-12-20)10-8-9-13(2)15(3,4)17-11-19/h7-10,13H,1H2,2-6H3/b9-8-,14-10+. The average molecular weight is 274 g/mol. The summed E-state index contributed by atoms with van der Waals surface area (Å²) >= 11 is 0. The van der Waals surface area contributed by atoms with Crippen LogP contribution < -0.4 is 0 Å². The van der Waals surface area contributed by atoms with Crippen LogP contribution in [0.3, 0.4) is 0 Å². The van der Waals surface area contributed by atoms with Crippen molar-refractivity contribution in [2.75, 3.05) is 0 Å². The summed E-state index contributed by atoms with van der Waals surface area (Å²) in [5, 5.41) is 0. The van der Waals surface area contributed by atoms with Crippen molar-refractivity contribution < 1.29 is 9.59 Å². The summed E-state index contributed by atoms with van der Waals surface area (Å²) in [6, 6.07) is 0. The third-order valence-corrected chi connectivity index (χ3v) is 3.38. The highest BCUT2D eigenvalue weighted by atomic mass is 16.1. The van der Waals surface area contributed by atoms with Gasteiger partial charge in [-0.25, -0.2) is 9.59 Å². The van der Waals surface area contributed by atoms with Crippen LogP contribution in [0.25, 0.3) is 0 Å². The molecule has 0 aliphatic heterocycles. The van der Waals surface area contributed by atoms with Crippen molar-refractivity contribution in [3.05, 3.63) is 36.5 Å². The minimum atomic E-state index is -0.659. The second-order valence-corrected chi connectivity index (χ2v) is 5.62. The lowest BCUT2D eigenvalue weighted by Gasteiger charge is -2.23. The molecular weight excluding hydrogens is 252 g/mol. The molecule has 0 aliphatic carbocycles. The zero-order valence-corrected chi connectivity index (χ0v) is 12.8. The number of carbonyl (C=O) groups excluding carboxylic acids is 2. The molecule has 0 radical (unpaired) electrons. The van der Waals surface area contributed by atoms with Gasteiger partial charge >= 0.3 is 0 Å². The van der Waals surface area contributed by atoms with E-state index in [-0.39, 0.29) is 5.92 Å². The van der Waals surface area contributed by atoms with Crippen LogP contribution in [0, 0.1) is 5.92 Å². The van der Waals surface area contributed by atoms with Gasteiger partial charge in [0, 0.05) is 0 Å². The van der Waals surface area contributed by atoms with Crippen LogP contribution in [0.15, 0.2) is 46.4 Å². The molecule has 0 rings (SSSR count). The third kappa shape index (κ3) is 5.31. The molecule has 0 aliphatic rings. The number of isocyanates is 2. The maximum absolute atomic E-state index is 10.4. The van der Waals surface area contributed by atoms with Gasteiger partial charge in [0.1, 0.15) is 0 Å². The van der Waals surface area contributed by atoms with Crippen molar-refractivity contribution in [3.8, 4) is 0 Å². The van der Waals surface area contributed by atoms with Gasteiger partial charge in [0.2, 0.25) is 12.2 Å². The second kappa shape index (κ2) is 7.54. The van der Waals surface area contributed by atoms with Crippen LogP contribution in [-0.4, -0.2) is 23.2 Å². The molecule has 0 heterocycles. The smallest absolute Gasteiger partial charge is 0.211 e. The van der Waals surface area contributed by atoms with Gasteiger partial charge < -0.3 is 0 Å². The molecule has 0 N–H and O–H groups in total. The van der Waals surface area contributed by atoms with E-state index in [0.29, 0.717) is 0 Å². The number of hydrogen-bond donors (Lipinski definition) is 0. The summed E-state index contributed by atoms with van der Waals surface area (Å²) in [5.41, 5.74) is -0.356. The molecule has 0 amide bonds. The average Bonchev–Trinajstić information content (AvgIpc) is 2.33. The number of allylic oxidation sites excluding steroid dienone is 2. The van der Waals surface area contributed by atoms with Gasteiger partial charge in [-0.15, -0.1) is 0 Å². The first kappa shape index (κ1) is 18.0. The van der Waals surface area contributed by atoms with Gasteiger partial charge in [-0.1, -0.05) is 37.8 Å². The molecule has 0 saturated carbocycles. The van der Waals surface area contributed by atoms with Crippen molar-refractivity contribution in [1.29, 1.82) is 0 Å². The Morgan fingerprint density at radius 2 is 1.70 bits per heavy atom. The number of hydrogen-bond acceptors (Lipinski definition) is 4. The van der Waals surface area contributed by atoms with Crippen LogP contribution in [-0.2, 0) is 9.59 Å². The Morgan fingerprint density at radius 3 is 2.15 bits per heavy atom. The predicted octanol–water partition coefficient (Wildman–Crippen LogP) is 3.52. The first-order valence-electron chi connectivity index (χ1n) is 6.40. The maximum Gasteiger partial charge on any atom is 0.235 e. The molecule has 0 fully saturated rings. The predicted molar refractivity (Wildman–Crippen MR) is 81.0 cm³/mol. The number of rotatable bonds is 7. The molecule has 0 bridgehead atoms. The minimum Gasteiger partial charge on any atom is -0.211 e. The quantitative estimate of drug-likeness (QED) is 0.405. The Hall–Kier alpha value is -2.02. The highest BCUT2D eigenvalue weighted by molar-refractivity contribution is 5.41. The Bertz CT molecular complexity index is 501. The molecule has 0 aromatic carbocycles. The van der Waals surface area contributed by atoms with Crippen molar-refractivity contribution >= 4 is 12.2 Å². The highest BCUT2D eigenvalue weighted by Gasteiger charge is 2.23. The SMILES string of the molecule is C=C/C(=C\C=C/C(C)C(C)(C)N=C=O)C(C)(C)N=C=O. The van der Waals surface area contributed by atoms with Gasteiger partial charge in [-0.05, 0) is 39.2 Å². The van der Waals surface area contributed by atoms with E-state index < -0.39 is 11.1 Å². The monoisotopic (exact) mass is 274 g/mol. The Morgan fingerprint density at radius 1 is 1.15 bits per heavy atom. The van der Waals surface area contributed by atoms with Crippen LogP contribution in [0.1, 0.15) is 34.6 Å². The Balaban J connectivity index is 5.17. The molecule has 1 unspecified atom stereocenters. The van der Waals surface area contributed by atoms with E-state index in [4.69, 9.17) is 0 Å². The Kier molecular flexibility index (Phi) is 6.78. The third-order valence-electron chi connectivity index (χ3n) is 3.38. The minimum absolute atomic E-state index is 0.0592. The molecule has 4 heteroatoms. The fourth-order valence-corrected chi connectivity index (χ4v) is 1.48. The second-order valence-electron chi connectivity index (χ2n) is 5.62. The van der Waals surface area contributed by atoms with Crippen molar-refractivity contribution in [1.82, 2.24) is 0 Å². The summed E-state index contributed by atoms with van der Waals surface area (Å²) in [4.78, 5) is 28.3. The van der Waals surface area contributed by atoms with Crippen molar-refractivity contribution in [2.45, 2.75) is 45.7 Å². The molecule has 0 aromatic heterocycles. The van der Waals surface area contributed by atoms with Crippen LogP contribution in [0.2, 0.25) is 0 Å². The lowest BCUT2D eigenvalue weighted by atomic mass is 9.89. The van der Waals surface area contributed by atoms with Gasteiger partial charge in [0.25, 0.3) is 0 Å². The van der Waals surface area contributed by atoms with Crippen LogP contribution in [0.4, 0.5) is 0 Å². The number of aliphatic imine (C=N–C) groups is 2. The van der Waals surface area contributed by atoms with E-state index in [1.807, 2.05) is 52.8 Å². The molecule has 0 saturated heterocycles. The van der Waals surface area contributed by atoms with Gasteiger partial charge in [0.15, 0.2) is 0 Å². The summed E-state index contributed by atoms with van der Waals surface area (Å²) < 4.78 is 0. The Labute approximate surface area is 120 Å². The molecule has 1 atom stereocenters. The van der Waals surface area contributed by atoms with E-state index in [0.717, 1.165) is 5.57 Å². The van der Waals surface area contributed by atoms with Gasteiger partial charge in [-0.3, -0.25) is 0 Å². The van der Waals surface area contributed by atoms with E-state index in [2.05, 4.69) is 16.6 Å². The lowest BCUT2D eigenvalue weighted by Crippen LogP contribution is -2.25.